The first-order valence-electron chi connectivity index (χ1n) is 7.76. The molecule has 1 aliphatic heterocycles. The minimum atomic E-state index is -3.59. The van der Waals surface area contributed by atoms with Gasteiger partial charge in [-0.25, -0.2) is 8.42 Å². The smallest absolute Gasteiger partial charge is 0.255 e. The van der Waals surface area contributed by atoms with E-state index in [0.29, 0.717) is 31.6 Å². The van der Waals surface area contributed by atoms with Gasteiger partial charge in [0.1, 0.15) is 4.90 Å². The van der Waals surface area contributed by atoms with Crippen molar-refractivity contribution in [3.8, 4) is 0 Å². The zero-order valence-electron chi connectivity index (χ0n) is 13.7. The van der Waals surface area contributed by atoms with E-state index in [9.17, 15) is 13.2 Å². The molecule has 1 amide bonds. The van der Waals surface area contributed by atoms with Crippen molar-refractivity contribution in [2.24, 2.45) is 7.05 Å². The van der Waals surface area contributed by atoms with E-state index >= 15 is 0 Å². The van der Waals surface area contributed by atoms with Crippen LogP contribution < -0.4 is 0 Å². The highest BCUT2D eigenvalue weighted by atomic mass is 79.9. The third-order valence-electron chi connectivity index (χ3n) is 4.01. The van der Waals surface area contributed by atoms with Crippen LogP contribution in [0.15, 0.2) is 40.2 Å². The Bertz CT molecular complexity index is 883. The Balaban J connectivity index is 1.73. The molecule has 1 saturated heterocycles. The lowest BCUT2D eigenvalue weighted by Gasteiger charge is -2.21. The fourth-order valence-electron chi connectivity index (χ4n) is 2.73. The van der Waals surface area contributed by atoms with Gasteiger partial charge >= 0.3 is 0 Å². The van der Waals surface area contributed by atoms with Crippen LogP contribution in [0, 0.1) is 0 Å². The fraction of sp³-hybridized carbons (Fsp3) is 0.400. The van der Waals surface area contributed by atoms with Crippen molar-refractivity contribution in [3.63, 3.8) is 0 Å². The van der Waals surface area contributed by atoms with Crippen molar-refractivity contribution in [1.82, 2.24) is 24.0 Å². The second kappa shape index (κ2) is 7.22. The van der Waals surface area contributed by atoms with Crippen molar-refractivity contribution < 1.29 is 13.2 Å². The van der Waals surface area contributed by atoms with Crippen LogP contribution in [-0.2, 0) is 17.1 Å². The summed E-state index contributed by atoms with van der Waals surface area (Å²) >= 11 is 3.30. The van der Waals surface area contributed by atoms with Crippen molar-refractivity contribution in [2.45, 2.75) is 11.3 Å². The first-order valence-corrected chi connectivity index (χ1v) is 10.00. The molecule has 2 aromatic rings. The zero-order chi connectivity index (χ0) is 18.0. The highest BCUT2D eigenvalue weighted by Gasteiger charge is 2.29. The fourth-order valence-corrected chi connectivity index (χ4v) is 4.55. The Kier molecular flexibility index (Phi) is 5.21. The molecular formula is C15H18BrN5O3S. The minimum Gasteiger partial charge on any atom is -0.337 e. The largest absolute Gasteiger partial charge is 0.337 e. The maximum atomic E-state index is 12.7. The Hall–Kier alpha value is -1.78. The van der Waals surface area contributed by atoms with Gasteiger partial charge in [0.25, 0.3) is 5.91 Å². The number of hydrogen-bond donors (Lipinski definition) is 0. The first kappa shape index (κ1) is 18.0. The number of nitrogens with zero attached hydrogens (tertiary/aromatic N) is 5. The third-order valence-corrected chi connectivity index (χ3v) is 6.30. The van der Waals surface area contributed by atoms with Crippen LogP contribution in [0.3, 0.4) is 0 Å². The molecule has 3 heterocycles. The lowest BCUT2D eigenvalue weighted by atomic mass is 10.2. The Morgan fingerprint density at radius 3 is 2.64 bits per heavy atom. The summed E-state index contributed by atoms with van der Waals surface area (Å²) in [5.41, 5.74) is 0.484. The van der Waals surface area contributed by atoms with E-state index in [1.807, 2.05) is 0 Å². The molecule has 0 atom stereocenters. The summed E-state index contributed by atoms with van der Waals surface area (Å²) in [5.74, 6) is -0.144. The van der Waals surface area contributed by atoms with E-state index < -0.39 is 10.0 Å². The van der Waals surface area contributed by atoms with E-state index in [4.69, 9.17) is 0 Å². The molecule has 0 saturated carbocycles. The number of aryl methyl sites for hydroxylation is 1. The van der Waals surface area contributed by atoms with Gasteiger partial charge in [0.2, 0.25) is 10.0 Å². The summed E-state index contributed by atoms with van der Waals surface area (Å²) in [5, 5.41) is 3.93. The quantitative estimate of drug-likeness (QED) is 0.731. The van der Waals surface area contributed by atoms with Crippen molar-refractivity contribution >= 4 is 31.9 Å². The Morgan fingerprint density at radius 1 is 1.16 bits per heavy atom. The molecule has 2 aromatic heterocycles. The number of amides is 1. The molecule has 25 heavy (non-hydrogen) atoms. The van der Waals surface area contributed by atoms with Gasteiger partial charge in [-0.2, -0.15) is 9.40 Å². The van der Waals surface area contributed by atoms with Gasteiger partial charge in [0.05, 0.1) is 11.8 Å². The lowest BCUT2D eigenvalue weighted by Crippen LogP contribution is -2.37. The number of carbonyl (C=O) groups is 1. The second-order valence-electron chi connectivity index (χ2n) is 5.79. The number of sulfonamides is 1. The summed E-state index contributed by atoms with van der Waals surface area (Å²) in [7, 11) is -1.92. The second-order valence-corrected chi connectivity index (χ2v) is 8.64. The van der Waals surface area contributed by atoms with Gasteiger partial charge in [-0.1, -0.05) is 0 Å². The highest BCUT2D eigenvalue weighted by Crippen LogP contribution is 2.18. The molecule has 0 N–H and O–H groups in total. The number of hydrogen-bond acceptors (Lipinski definition) is 5. The molecule has 0 spiro atoms. The number of halogens is 1. The van der Waals surface area contributed by atoms with E-state index in [1.54, 1.807) is 24.2 Å². The molecule has 0 bridgehead atoms. The van der Waals surface area contributed by atoms with Crippen molar-refractivity contribution in [2.75, 3.05) is 26.2 Å². The third kappa shape index (κ3) is 3.91. The first-order chi connectivity index (χ1) is 11.9. The Morgan fingerprint density at radius 2 is 1.96 bits per heavy atom. The van der Waals surface area contributed by atoms with E-state index in [2.05, 4.69) is 26.0 Å². The van der Waals surface area contributed by atoms with Crippen molar-refractivity contribution in [1.29, 1.82) is 0 Å². The molecule has 0 radical (unpaired) electrons. The number of rotatable bonds is 3. The van der Waals surface area contributed by atoms with Crippen LogP contribution in [-0.4, -0.2) is 64.5 Å². The molecule has 8 nitrogen and oxygen atoms in total. The van der Waals surface area contributed by atoms with E-state index in [0.717, 1.165) is 4.47 Å². The lowest BCUT2D eigenvalue weighted by molar-refractivity contribution is 0.0763. The molecular weight excluding hydrogens is 410 g/mol. The molecule has 10 heteroatoms. The predicted octanol–water partition coefficient (Wildman–Crippen LogP) is 1.11. The zero-order valence-corrected chi connectivity index (χ0v) is 16.1. The van der Waals surface area contributed by atoms with Crippen LogP contribution >= 0.6 is 15.9 Å². The predicted molar refractivity (Wildman–Crippen MR) is 94.4 cm³/mol. The molecule has 0 unspecified atom stereocenters. The molecule has 1 fully saturated rings. The van der Waals surface area contributed by atoms with E-state index in [1.165, 1.54) is 27.6 Å². The average Bonchev–Trinajstić information content (AvgIpc) is 2.87. The van der Waals surface area contributed by atoms with Crippen LogP contribution in [0.1, 0.15) is 16.8 Å². The summed E-state index contributed by atoms with van der Waals surface area (Å²) in [6, 6.07) is 1.71. The molecule has 0 aromatic carbocycles. The van der Waals surface area contributed by atoms with Crippen LogP contribution in [0.2, 0.25) is 0 Å². The summed E-state index contributed by atoms with van der Waals surface area (Å²) in [6.45, 7) is 1.47. The number of carbonyl (C=O) groups excluding carboxylic acids is 1. The van der Waals surface area contributed by atoms with Gasteiger partial charge in [-0.05, 0) is 28.4 Å². The van der Waals surface area contributed by atoms with Gasteiger partial charge in [0, 0.05) is 56.3 Å². The maximum absolute atomic E-state index is 12.7. The van der Waals surface area contributed by atoms with Gasteiger partial charge in [-0.15, -0.1) is 0 Å². The number of pyridine rings is 1. The SMILES string of the molecule is Cn1cc(S(=O)(=O)N2CCCN(C(=O)c3cncc(Br)c3)CC2)cn1. The van der Waals surface area contributed by atoms with Gasteiger partial charge in [-0.3, -0.25) is 14.5 Å². The van der Waals surface area contributed by atoms with E-state index in [-0.39, 0.29) is 17.3 Å². The van der Waals surface area contributed by atoms with Gasteiger partial charge in [0.15, 0.2) is 0 Å². The van der Waals surface area contributed by atoms with Crippen LogP contribution in [0.5, 0.6) is 0 Å². The molecule has 3 rings (SSSR count). The van der Waals surface area contributed by atoms with Crippen LogP contribution in [0.4, 0.5) is 0 Å². The summed E-state index contributed by atoms with van der Waals surface area (Å²) in [4.78, 5) is 18.5. The maximum Gasteiger partial charge on any atom is 0.255 e. The minimum absolute atomic E-state index is 0.144. The molecule has 134 valence electrons. The topological polar surface area (TPSA) is 88.4 Å². The normalized spacial score (nSPS) is 16.6. The van der Waals surface area contributed by atoms with Crippen molar-refractivity contribution in [3.05, 3.63) is 40.9 Å². The Labute approximate surface area is 154 Å². The molecule has 1 aliphatic rings. The molecule has 0 aliphatic carbocycles. The summed E-state index contributed by atoms with van der Waals surface area (Å²) in [6.07, 6.45) is 6.53. The number of aromatic nitrogens is 3. The average molecular weight is 428 g/mol. The van der Waals surface area contributed by atoms with Gasteiger partial charge < -0.3 is 4.90 Å². The van der Waals surface area contributed by atoms with Crippen LogP contribution in [0.25, 0.3) is 0 Å². The standard InChI is InChI=1S/C15H18BrN5O3S/c1-19-11-14(10-18-19)25(23,24)21-4-2-3-20(5-6-21)15(22)12-7-13(16)9-17-8-12/h7-11H,2-6H2,1H3. The highest BCUT2D eigenvalue weighted by molar-refractivity contribution is 9.10. The summed E-state index contributed by atoms with van der Waals surface area (Å²) < 4.78 is 29.0. The monoisotopic (exact) mass is 427 g/mol.